The quantitative estimate of drug-likeness (QED) is 0.111. The van der Waals surface area contributed by atoms with Gasteiger partial charge in [0.15, 0.2) is 5.41 Å². The highest BCUT2D eigenvalue weighted by Crippen LogP contribution is 2.36. The Morgan fingerprint density at radius 3 is 1.36 bits per heavy atom. The van der Waals surface area contributed by atoms with Crippen LogP contribution in [-0.2, 0) is 32.3 Å². The Labute approximate surface area is 218 Å². The van der Waals surface area contributed by atoms with E-state index in [9.17, 15) is 9.59 Å². The maximum Gasteiger partial charge on any atom is 0.323 e. The Morgan fingerprint density at radius 2 is 0.917 bits per heavy atom. The normalized spacial score (nSPS) is 11.3. The average Bonchev–Trinajstić information content (AvgIpc) is 2.92. The lowest BCUT2D eigenvalue weighted by atomic mass is 9.77. The molecule has 0 fully saturated rings. The van der Waals surface area contributed by atoms with Gasteiger partial charge in [-0.3, -0.25) is 9.59 Å². The maximum absolute atomic E-state index is 13.6. The maximum atomic E-state index is 13.6. The van der Waals surface area contributed by atoms with Gasteiger partial charge in [0, 0.05) is 0 Å². The summed E-state index contributed by atoms with van der Waals surface area (Å²) in [4.78, 5) is 27.2. The van der Waals surface area contributed by atoms with Crippen LogP contribution in [0.4, 0.5) is 0 Å². The number of rotatable bonds is 19. The number of hydrogen-bond donors (Lipinski definition) is 0. The molecule has 0 bridgehead atoms. The van der Waals surface area contributed by atoms with Crippen molar-refractivity contribution in [3.63, 3.8) is 0 Å². The van der Waals surface area contributed by atoms with Crippen molar-refractivity contribution in [3.8, 4) is 0 Å². The SMILES string of the molecule is CCCCCCCCCCC(CCCCC)(C(=O)OCc1ccccc1)C(=O)OCc1ccccc1. The molecule has 0 aromatic heterocycles. The van der Waals surface area contributed by atoms with Gasteiger partial charge in [-0.2, -0.15) is 0 Å². The van der Waals surface area contributed by atoms with Gasteiger partial charge in [-0.1, -0.05) is 145 Å². The van der Waals surface area contributed by atoms with E-state index >= 15 is 0 Å². The van der Waals surface area contributed by atoms with E-state index in [0.717, 1.165) is 49.7 Å². The van der Waals surface area contributed by atoms with Crippen LogP contribution in [0.5, 0.6) is 0 Å². The molecule has 0 atom stereocenters. The van der Waals surface area contributed by atoms with Crippen LogP contribution in [0, 0.1) is 5.41 Å². The molecule has 2 aromatic rings. The van der Waals surface area contributed by atoms with E-state index in [1.807, 2.05) is 60.7 Å². The Balaban J connectivity index is 2.10. The van der Waals surface area contributed by atoms with Crippen molar-refractivity contribution < 1.29 is 19.1 Å². The number of benzene rings is 2. The summed E-state index contributed by atoms with van der Waals surface area (Å²) < 4.78 is 11.6. The summed E-state index contributed by atoms with van der Waals surface area (Å²) >= 11 is 0. The standard InChI is InChI=1S/C32H46O4/c1-3-5-7-8-9-10-11-19-25-32(24-18-6-4-2,30(33)35-26-28-20-14-12-15-21-28)31(34)36-27-29-22-16-13-17-23-29/h12-17,20-23H,3-11,18-19,24-27H2,1-2H3. The number of carbonyl (C=O) groups is 2. The molecule has 2 rings (SSSR count). The molecule has 2 aromatic carbocycles. The summed E-state index contributed by atoms with van der Waals surface area (Å²) in [5, 5.41) is 0. The Hall–Kier alpha value is -2.62. The third-order valence-corrected chi connectivity index (χ3v) is 6.87. The van der Waals surface area contributed by atoms with E-state index in [0.29, 0.717) is 12.8 Å². The molecule has 0 saturated heterocycles. The van der Waals surface area contributed by atoms with Crippen molar-refractivity contribution in [3.05, 3.63) is 71.8 Å². The van der Waals surface area contributed by atoms with Crippen LogP contribution in [0.25, 0.3) is 0 Å². The first-order chi connectivity index (χ1) is 17.6. The van der Waals surface area contributed by atoms with Gasteiger partial charge in [-0.15, -0.1) is 0 Å². The van der Waals surface area contributed by atoms with Crippen LogP contribution in [0.2, 0.25) is 0 Å². The Bertz CT molecular complexity index is 791. The van der Waals surface area contributed by atoms with Gasteiger partial charge in [0.25, 0.3) is 0 Å². The molecule has 0 spiro atoms. The predicted octanol–water partition coefficient (Wildman–Crippen LogP) is 8.57. The van der Waals surface area contributed by atoms with E-state index in [1.54, 1.807) is 0 Å². The number of esters is 2. The summed E-state index contributed by atoms with van der Waals surface area (Å²) in [6, 6.07) is 19.3. The largest absolute Gasteiger partial charge is 0.460 e. The van der Waals surface area contributed by atoms with E-state index in [2.05, 4.69) is 13.8 Å². The zero-order valence-electron chi connectivity index (χ0n) is 22.5. The van der Waals surface area contributed by atoms with Crippen LogP contribution in [0.1, 0.15) is 108 Å². The smallest absolute Gasteiger partial charge is 0.323 e. The number of hydrogen-bond acceptors (Lipinski definition) is 4. The molecule has 0 N–H and O–H groups in total. The zero-order chi connectivity index (χ0) is 25.9. The van der Waals surface area contributed by atoms with Crippen molar-refractivity contribution in [1.82, 2.24) is 0 Å². The predicted molar refractivity (Wildman–Crippen MR) is 146 cm³/mol. The lowest BCUT2D eigenvalue weighted by Gasteiger charge is -2.30. The van der Waals surface area contributed by atoms with Crippen LogP contribution in [-0.4, -0.2) is 11.9 Å². The highest BCUT2D eigenvalue weighted by Gasteiger charge is 2.48. The fraction of sp³-hybridized carbons (Fsp3) is 0.562. The van der Waals surface area contributed by atoms with Crippen LogP contribution < -0.4 is 0 Å². The van der Waals surface area contributed by atoms with Crippen molar-refractivity contribution in [2.45, 2.75) is 111 Å². The molecule has 0 aliphatic heterocycles. The first-order valence-electron chi connectivity index (χ1n) is 14.0. The molecule has 0 aliphatic rings. The number of unbranched alkanes of at least 4 members (excludes halogenated alkanes) is 9. The molecule has 4 heteroatoms. The molecule has 0 heterocycles. The third-order valence-electron chi connectivity index (χ3n) is 6.87. The van der Waals surface area contributed by atoms with Gasteiger partial charge in [0.2, 0.25) is 0 Å². The second kappa shape index (κ2) is 17.8. The first-order valence-corrected chi connectivity index (χ1v) is 14.0. The van der Waals surface area contributed by atoms with Crippen LogP contribution in [0.15, 0.2) is 60.7 Å². The van der Waals surface area contributed by atoms with Gasteiger partial charge in [0.1, 0.15) is 13.2 Å². The monoisotopic (exact) mass is 494 g/mol. The van der Waals surface area contributed by atoms with Crippen LogP contribution in [0.3, 0.4) is 0 Å². The van der Waals surface area contributed by atoms with Crippen molar-refractivity contribution in [2.75, 3.05) is 0 Å². The summed E-state index contributed by atoms with van der Waals surface area (Å²) in [7, 11) is 0. The summed E-state index contributed by atoms with van der Waals surface area (Å²) in [6.07, 6.45) is 13.0. The molecular formula is C32H46O4. The third kappa shape index (κ3) is 10.6. The Kier molecular flexibility index (Phi) is 14.6. The summed E-state index contributed by atoms with van der Waals surface area (Å²) in [5.41, 5.74) is 0.581. The summed E-state index contributed by atoms with van der Waals surface area (Å²) in [5.74, 6) is -0.882. The van der Waals surface area contributed by atoms with E-state index in [1.165, 1.54) is 32.1 Å². The first kappa shape index (κ1) is 29.6. The highest BCUT2D eigenvalue weighted by molar-refractivity contribution is 6.00. The van der Waals surface area contributed by atoms with Crippen molar-refractivity contribution in [2.24, 2.45) is 5.41 Å². The molecule has 4 nitrogen and oxygen atoms in total. The van der Waals surface area contributed by atoms with Crippen molar-refractivity contribution in [1.29, 1.82) is 0 Å². The molecule has 0 radical (unpaired) electrons. The fourth-order valence-electron chi connectivity index (χ4n) is 4.58. The summed E-state index contributed by atoms with van der Waals surface area (Å²) in [6.45, 7) is 4.69. The second-order valence-electron chi connectivity index (χ2n) is 9.89. The minimum atomic E-state index is -1.25. The van der Waals surface area contributed by atoms with E-state index in [4.69, 9.17) is 9.47 Å². The topological polar surface area (TPSA) is 52.6 Å². The van der Waals surface area contributed by atoms with Crippen LogP contribution >= 0.6 is 0 Å². The van der Waals surface area contributed by atoms with E-state index < -0.39 is 17.4 Å². The minimum absolute atomic E-state index is 0.165. The zero-order valence-corrected chi connectivity index (χ0v) is 22.5. The van der Waals surface area contributed by atoms with Gasteiger partial charge in [-0.05, 0) is 24.0 Å². The molecule has 0 saturated carbocycles. The lowest BCUT2D eigenvalue weighted by molar-refractivity contribution is -0.176. The molecule has 36 heavy (non-hydrogen) atoms. The fourth-order valence-corrected chi connectivity index (χ4v) is 4.58. The molecule has 0 aliphatic carbocycles. The number of ether oxygens (including phenoxy) is 2. The minimum Gasteiger partial charge on any atom is -0.460 e. The highest BCUT2D eigenvalue weighted by atomic mass is 16.6. The number of carbonyl (C=O) groups excluding carboxylic acids is 2. The van der Waals surface area contributed by atoms with Gasteiger partial charge < -0.3 is 9.47 Å². The second-order valence-corrected chi connectivity index (χ2v) is 9.89. The molecule has 0 amide bonds. The van der Waals surface area contributed by atoms with E-state index in [-0.39, 0.29) is 13.2 Å². The molecule has 0 unspecified atom stereocenters. The van der Waals surface area contributed by atoms with Gasteiger partial charge >= 0.3 is 11.9 Å². The Morgan fingerprint density at radius 1 is 0.556 bits per heavy atom. The van der Waals surface area contributed by atoms with Gasteiger partial charge in [-0.25, -0.2) is 0 Å². The molecular weight excluding hydrogens is 448 g/mol. The van der Waals surface area contributed by atoms with Gasteiger partial charge in [0.05, 0.1) is 0 Å². The molecule has 198 valence electrons. The van der Waals surface area contributed by atoms with Crippen molar-refractivity contribution >= 4 is 11.9 Å². The average molecular weight is 495 g/mol. The lowest BCUT2D eigenvalue weighted by Crippen LogP contribution is -2.42.